The van der Waals surface area contributed by atoms with Crippen LogP contribution in [0, 0.1) is 13.8 Å². The molecule has 1 aromatic heterocycles. The van der Waals surface area contributed by atoms with Crippen LogP contribution in [-0.2, 0) is 4.79 Å². The van der Waals surface area contributed by atoms with Crippen LogP contribution in [0.25, 0.3) is 0 Å². The fourth-order valence-electron chi connectivity index (χ4n) is 2.45. The van der Waals surface area contributed by atoms with Crippen molar-refractivity contribution in [3.63, 3.8) is 0 Å². The van der Waals surface area contributed by atoms with Gasteiger partial charge < -0.3 is 15.4 Å². The van der Waals surface area contributed by atoms with Gasteiger partial charge in [-0.05, 0) is 50.2 Å². The summed E-state index contributed by atoms with van der Waals surface area (Å²) in [4.78, 5) is 20.8. The molecule has 0 bridgehead atoms. The van der Waals surface area contributed by atoms with Gasteiger partial charge in [-0.1, -0.05) is 24.3 Å². The van der Waals surface area contributed by atoms with Gasteiger partial charge in [0.1, 0.15) is 5.75 Å². The van der Waals surface area contributed by atoms with Crippen LogP contribution in [0.3, 0.4) is 0 Å². The van der Waals surface area contributed by atoms with E-state index >= 15 is 0 Å². The summed E-state index contributed by atoms with van der Waals surface area (Å²) < 4.78 is 5.44. The molecular formula is C20H20N4O2. The molecule has 6 nitrogen and oxygen atoms in total. The smallest absolute Gasteiger partial charge is 0.262 e. The number of rotatable bonds is 6. The van der Waals surface area contributed by atoms with E-state index in [9.17, 15) is 4.79 Å². The number of aromatic nitrogens is 2. The van der Waals surface area contributed by atoms with Crippen molar-refractivity contribution in [2.45, 2.75) is 13.8 Å². The van der Waals surface area contributed by atoms with E-state index in [2.05, 4.69) is 20.6 Å². The zero-order valence-corrected chi connectivity index (χ0v) is 14.7. The quantitative estimate of drug-likeness (QED) is 0.707. The second-order valence-electron chi connectivity index (χ2n) is 5.83. The van der Waals surface area contributed by atoms with E-state index in [-0.39, 0.29) is 12.5 Å². The Balaban J connectivity index is 1.60. The number of carbonyl (C=O) groups excluding carboxylic acids is 1. The normalized spacial score (nSPS) is 10.2. The van der Waals surface area contributed by atoms with E-state index in [1.165, 1.54) is 0 Å². The first-order chi connectivity index (χ1) is 12.6. The molecular weight excluding hydrogens is 328 g/mol. The largest absolute Gasteiger partial charge is 0.484 e. The summed E-state index contributed by atoms with van der Waals surface area (Å²) >= 11 is 0. The molecule has 2 N–H and O–H groups in total. The minimum atomic E-state index is -0.228. The van der Waals surface area contributed by atoms with Crippen LogP contribution in [-0.4, -0.2) is 22.5 Å². The summed E-state index contributed by atoms with van der Waals surface area (Å²) in [6.07, 6.45) is 0. The predicted molar refractivity (Wildman–Crippen MR) is 102 cm³/mol. The molecule has 0 saturated carbocycles. The number of nitrogens with one attached hydrogen (secondary N) is 2. The standard InChI is InChI=1S/C20H20N4O2/c1-14-11-15(2)22-20(21-14)24-17-8-6-7-16(12-17)23-19(25)13-26-18-9-4-3-5-10-18/h3-12H,13H2,1-2H3,(H,23,25)(H,21,22,24). The first-order valence-corrected chi connectivity index (χ1v) is 8.25. The molecule has 1 amide bonds. The number of carbonyl (C=O) groups is 1. The number of benzene rings is 2. The lowest BCUT2D eigenvalue weighted by molar-refractivity contribution is -0.118. The minimum absolute atomic E-state index is 0.0537. The predicted octanol–water partition coefficient (Wildman–Crippen LogP) is 3.85. The van der Waals surface area contributed by atoms with Gasteiger partial charge in [0, 0.05) is 22.8 Å². The number of ether oxygens (including phenoxy) is 1. The Hall–Kier alpha value is -3.41. The van der Waals surface area contributed by atoms with Crippen molar-refractivity contribution in [3.8, 4) is 5.75 Å². The van der Waals surface area contributed by atoms with Gasteiger partial charge in [0.15, 0.2) is 6.61 Å². The highest BCUT2D eigenvalue weighted by Crippen LogP contribution is 2.18. The maximum atomic E-state index is 12.1. The summed E-state index contributed by atoms with van der Waals surface area (Å²) in [5.41, 5.74) is 3.24. The number of para-hydroxylation sites is 1. The first-order valence-electron chi connectivity index (χ1n) is 8.25. The number of hydrogen-bond donors (Lipinski definition) is 2. The highest BCUT2D eigenvalue weighted by molar-refractivity contribution is 5.92. The third-order valence-corrected chi connectivity index (χ3v) is 3.50. The molecule has 132 valence electrons. The summed E-state index contributed by atoms with van der Waals surface area (Å²) in [5, 5.41) is 5.97. The van der Waals surface area contributed by atoms with Gasteiger partial charge in [0.25, 0.3) is 5.91 Å². The molecule has 0 atom stereocenters. The first kappa shape index (κ1) is 17.4. The van der Waals surface area contributed by atoms with Gasteiger partial charge in [0.05, 0.1) is 0 Å². The molecule has 3 aromatic rings. The molecule has 26 heavy (non-hydrogen) atoms. The lowest BCUT2D eigenvalue weighted by atomic mass is 10.2. The van der Waals surface area contributed by atoms with E-state index in [0.29, 0.717) is 17.4 Å². The molecule has 6 heteroatoms. The molecule has 0 aliphatic heterocycles. The monoisotopic (exact) mass is 348 g/mol. The highest BCUT2D eigenvalue weighted by atomic mass is 16.5. The van der Waals surface area contributed by atoms with Crippen LogP contribution in [0.2, 0.25) is 0 Å². The maximum absolute atomic E-state index is 12.1. The Morgan fingerprint density at radius 2 is 1.62 bits per heavy atom. The Labute approximate surface area is 152 Å². The van der Waals surface area contributed by atoms with Gasteiger partial charge in [0.2, 0.25) is 5.95 Å². The van der Waals surface area contributed by atoms with E-state index in [4.69, 9.17) is 4.74 Å². The van der Waals surface area contributed by atoms with Crippen LogP contribution in [0.15, 0.2) is 60.7 Å². The van der Waals surface area contributed by atoms with Crippen molar-refractivity contribution in [3.05, 3.63) is 72.1 Å². The van der Waals surface area contributed by atoms with Gasteiger partial charge in [-0.2, -0.15) is 0 Å². The number of nitrogens with zero attached hydrogens (tertiary/aromatic N) is 2. The number of hydrogen-bond acceptors (Lipinski definition) is 5. The molecule has 1 heterocycles. The molecule has 0 aliphatic rings. The van der Waals surface area contributed by atoms with Gasteiger partial charge in [-0.15, -0.1) is 0 Å². The van der Waals surface area contributed by atoms with Crippen LogP contribution in [0.1, 0.15) is 11.4 Å². The van der Waals surface area contributed by atoms with E-state index in [0.717, 1.165) is 17.1 Å². The van der Waals surface area contributed by atoms with Gasteiger partial charge >= 0.3 is 0 Å². The zero-order chi connectivity index (χ0) is 18.4. The fourth-order valence-corrected chi connectivity index (χ4v) is 2.45. The Kier molecular flexibility index (Phi) is 5.43. The topological polar surface area (TPSA) is 76.1 Å². The van der Waals surface area contributed by atoms with E-state index in [1.54, 1.807) is 0 Å². The van der Waals surface area contributed by atoms with Crippen molar-refractivity contribution >= 4 is 23.2 Å². The van der Waals surface area contributed by atoms with Crippen LogP contribution >= 0.6 is 0 Å². The average molecular weight is 348 g/mol. The summed E-state index contributed by atoms with van der Waals surface area (Å²) in [6, 6.07) is 18.5. The second kappa shape index (κ2) is 8.11. The highest BCUT2D eigenvalue weighted by Gasteiger charge is 2.05. The molecule has 0 aliphatic carbocycles. The molecule has 3 rings (SSSR count). The van der Waals surface area contributed by atoms with Crippen molar-refractivity contribution < 1.29 is 9.53 Å². The van der Waals surface area contributed by atoms with Crippen LogP contribution in [0.4, 0.5) is 17.3 Å². The number of amides is 1. The zero-order valence-electron chi connectivity index (χ0n) is 14.7. The SMILES string of the molecule is Cc1cc(C)nc(Nc2cccc(NC(=O)COc3ccccc3)c2)n1. The van der Waals surface area contributed by atoms with E-state index < -0.39 is 0 Å². The third kappa shape index (κ3) is 5.04. The summed E-state index contributed by atoms with van der Waals surface area (Å²) in [7, 11) is 0. The Morgan fingerprint density at radius 1 is 0.923 bits per heavy atom. The lowest BCUT2D eigenvalue weighted by Crippen LogP contribution is -2.20. The minimum Gasteiger partial charge on any atom is -0.484 e. The van der Waals surface area contributed by atoms with Crippen molar-refractivity contribution in [2.24, 2.45) is 0 Å². The maximum Gasteiger partial charge on any atom is 0.262 e. The summed E-state index contributed by atoms with van der Waals surface area (Å²) in [5.74, 6) is 0.956. The molecule has 0 unspecified atom stereocenters. The number of anilines is 3. The Morgan fingerprint density at radius 3 is 2.35 bits per heavy atom. The van der Waals surface area contributed by atoms with Crippen molar-refractivity contribution in [1.82, 2.24) is 9.97 Å². The Bertz CT molecular complexity index is 877. The lowest BCUT2D eigenvalue weighted by Gasteiger charge is -2.10. The fraction of sp³-hybridized carbons (Fsp3) is 0.150. The van der Waals surface area contributed by atoms with Crippen molar-refractivity contribution in [2.75, 3.05) is 17.2 Å². The third-order valence-electron chi connectivity index (χ3n) is 3.50. The van der Waals surface area contributed by atoms with Crippen LogP contribution in [0.5, 0.6) is 5.75 Å². The molecule has 0 fully saturated rings. The average Bonchev–Trinajstić information content (AvgIpc) is 2.60. The van der Waals surface area contributed by atoms with Crippen molar-refractivity contribution in [1.29, 1.82) is 0 Å². The van der Waals surface area contributed by atoms with E-state index in [1.807, 2.05) is 74.5 Å². The molecule has 2 aromatic carbocycles. The molecule has 0 saturated heterocycles. The van der Waals surface area contributed by atoms with Gasteiger partial charge in [-0.3, -0.25) is 4.79 Å². The summed E-state index contributed by atoms with van der Waals surface area (Å²) in [6.45, 7) is 3.79. The van der Waals surface area contributed by atoms with Gasteiger partial charge in [-0.25, -0.2) is 9.97 Å². The second-order valence-corrected chi connectivity index (χ2v) is 5.83. The molecule has 0 spiro atoms. The number of aryl methyl sites for hydroxylation is 2. The van der Waals surface area contributed by atoms with Crippen LogP contribution < -0.4 is 15.4 Å². The molecule has 0 radical (unpaired) electrons.